The third kappa shape index (κ3) is 1.65. The van der Waals surface area contributed by atoms with E-state index in [0.717, 1.165) is 12.3 Å². The quantitative estimate of drug-likeness (QED) is 0.529. The van der Waals surface area contributed by atoms with Crippen molar-refractivity contribution < 1.29 is 0 Å². The maximum atomic E-state index is 5.37. The average Bonchev–Trinajstić information content (AvgIpc) is 2.64. The van der Waals surface area contributed by atoms with E-state index in [9.17, 15) is 0 Å². The van der Waals surface area contributed by atoms with E-state index in [0.29, 0.717) is 17.3 Å². The second kappa shape index (κ2) is 3.44. The van der Waals surface area contributed by atoms with Crippen molar-refractivity contribution in [3.05, 3.63) is 0 Å². The molecule has 0 radical (unpaired) electrons. The molecule has 2 rings (SSSR count). The molecule has 2 saturated carbocycles. The summed E-state index contributed by atoms with van der Waals surface area (Å²) in [7, 11) is 0. The summed E-state index contributed by atoms with van der Waals surface area (Å²) >= 11 is 4.75. The van der Waals surface area contributed by atoms with Crippen molar-refractivity contribution in [3.63, 3.8) is 0 Å². The number of hydrogen-bond acceptors (Lipinski definition) is 2. The highest BCUT2D eigenvalue weighted by atomic mass is 32.1. The van der Waals surface area contributed by atoms with Gasteiger partial charge in [-0.05, 0) is 42.3 Å². The Hall–Kier alpha value is -0.640. The number of fused-ring (bicyclic) bond motifs is 2. The van der Waals surface area contributed by atoms with Crippen molar-refractivity contribution >= 4 is 23.0 Å². The maximum Gasteiger partial charge on any atom is 0.184 e. The summed E-state index contributed by atoms with van der Waals surface area (Å²) < 4.78 is 0. The topological polar surface area (TPSA) is 50.4 Å². The van der Waals surface area contributed by atoms with E-state index >= 15 is 0 Å². The summed E-state index contributed by atoms with van der Waals surface area (Å²) in [5, 5.41) is 4.58. The third-order valence-corrected chi connectivity index (χ3v) is 4.65. The fourth-order valence-electron chi connectivity index (χ4n) is 3.13. The Balaban J connectivity index is 2.12. The lowest BCUT2D eigenvalue weighted by atomic mass is 9.69. The Morgan fingerprint density at radius 1 is 1.60 bits per heavy atom. The van der Waals surface area contributed by atoms with Gasteiger partial charge in [0, 0.05) is 11.6 Å². The van der Waals surface area contributed by atoms with Crippen LogP contribution in [0.15, 0.2) is 5.10 Å². The molecule has 84 valence electrons. The molecule has 2 bridgehead atoms. The molecule has 15 heavy (non-hydrogen) atoms. The van der Waals surface area contributed by atoms with Crippen molar-refractivity contribution in [2.45, 2.75) is 33.6 Å². The maximum absolute atomic E-state index is 5.37. The summed E-state index contributed by atoms with van der Waals surface area (Å²) in [6.45, 7) is 7.08. The Kier molecular flexibility index (Phi) is 2.49. The van der Waals surface area contributed by atoms with Crippen LogP contribution in [0.3, 0.4) is 0 Å². The van der Waals surface area contributed by atoms with Crippen LogP contribution < -0.4 is 11.2 Å². The standard InChI is InChI=1S/C11H19N3S/c1-6-8-4-7(11(6,2)3)5-9(8)13-14-10(12)15/h6-8H,4-5H2,1-3H3,(H3,12,14,15)/b13-9+/t6-,7+,8+/m0/s1. The first-order valence-corrected chi connectivity index (χ1v) is 5.95. The highest BCUT2D eigenvalue weighted by Gasteiger charge is 2.53. The van der Waals surface area contributed by atoms with Gasteiger partial charge in [-0.3, -0.25) is 5.43 Å². The summed E-state index contributed by atoms with van der Waals surface area (Å²) in [6, 6.07) is 0. The molecular weight excluding hydrogens is 206 g/mol. The van der Waals surface area contributed by atoms with Crippen LogP contribution in [-0.2, 0) is 0 Å². The van der Waals surface area contributed by atoms with Gasteiger partial charge in [-0.2, -0.15) is 5.10 Å². The number of nitrogens with one attached hydrogen (secondary N) is 1. The molecule has 2 fully saturated rings. The van der Waals surface area contributed by atoms with Gasteiger partial charge in [0.2, 0.25) is 0 Å². The Bertz CT molecular complexity index is 318. The van der Waals surface area contributed by atoms with E-state index in [1.165, 1.54) is 12.1 Å². The first-order chi connectivity index (χ1) is 6.93. The zero-order valence-electron chi connectivity index (χ0n) is 9.58. The zero-order chi connectivity index (χ0) is 11.2. The Morgan fingerprint density at radius 2 is 2.27 bits per heavy atom. The predicted octanol–water partition coefficient (Wildman–Crippen LogP) is 1.88. The van der Waals surface area contributed by atoms with Crippen LogP contribution in [0.2, 0.25) is 0 Å². The number of rotatable bonds is 1. The molecule has 0 spiro atoms. The molecule has 0 aromatic rings. The van der Waals surface area contributed by atoms with Gasteiger partial charge < -0.3 is 5.73 Å². The molecule has 2 aliphatic carbocycles. The van der Waals surface area contributed by atoms with E-state index in [-0.39, 0.29) is 5.11 Å². The molecule has 3 N–H and O–H groups in total. The van der Waals surface area contributed by atoms with Gasteiger partial charge in [-0.1, -0.05) is 20.8 Å². The first-order valence-electron chi connectivity index (χ1n) is 5.55. The van der Waals surface area contributed by atoms with Crippen molar-refractivity contribution in [1.82, 2.24) is 5.43 Å². The minimum atomic E-state index is 0.261. The van der Waals surface area contributed by atoms with Crippen LogP contribution in [0.5, 0.6) is 0 Å². The molecule has 0 aromatic carbocycles. The summed E-state index contributed by atoms with van der Waals surface area (Å²) in [6.07, 6.45) is 2.39. The van der Waals surface area contributed by atoms with E-state index < -0.39 is 0 Å². The van der Waals surface area contributed by atoms with Crippen LogP contribution in [0.25, 0.3) is 0 Å². The molecule has 0 aliphatic heterocycles. The SMILES string of the molecule is C[C@H]1[C@H]2C[C@H](C/C2=N\NC(N)=S)C1(C)C. The normalized spacial score (nSPS) is 39.7. The minimum absolute atomic E-state index is 0.261. The molecule has 0 unspecified atom stereocenters. The molecule has 2 aliphatic rings. The summed E-state index contributed by atoms with van der Waals surface area (Å²) in [5.74, 6) is 2.12. The van der Waals surface area contributed by atoms with Crippen molar-refractivity contribution in [1.29, 1.82) is 0 Å². The highest BCUT2D eigenvalue weighted by Crippen LogP contribution is 2.57. The number of nitrogens with zero attached hydrogens (tertiary/aromatic N) is 1. The van der Waals surface area contributed by atoms with Gasteiger partial charge in [-0.25, -0.2) is 0 Å². The molecule has 0 aromatic heterocycles. The molecule has 0 saturated heterocycles. The number of thiocarbonyl (C=S) groups is 1. The molecule has 3 atom stereocenters. The van der Waals surface area contributed by atoms with E-state index in [2.05, 4.69) is 31.3 Å². The number of hydrogen-bond donors (Lipinski definition) is 2. The van der Waals surface area contributed by atoms with Gasteiger partial charge in [-0.15, -0.1) is 0 Å². The van der Waals surface area contributed by atoms with Crippen molar-refractivity contribution in [2.75, 3.05) is 0 Å². The molecule has 0 heterocycles. The second-order valence-electron chi connectivity index (χ2n) is 5.43. The van der Waals surface area contributed by atoms with E-state index in [1.807, 2.05) is 0 Å². The van der Waals surface area contributed by atoms with Gasteiger partial charge in [0.05, 0.1) is 0 Å². The molecule has 4 heteroatoms. The predicted molar refractivity (Wildman–Crippen MR) is 66.5 cm³/mol. The average molecular weight is 225 g/mol. The first kappa shape index (κ1) is 10.9. The van der Waals surface area contributed by atoms with Crippen molar-refractivity contribution in [2.24, 2.45) is 34.0 Å². The molecular formula is C11H19N3S. The zero-order valence-corrected chi connectivity index (χ0v) is 10.4. The minimum Gasteiger partial charge on any atom is -0.375 e. The van der Waals surface area contributed by atoms with E-state index in [4.69, 9.17) is 18.0 Å². The van der Waals surface area contributed by atoms with Gasteiger partial charge in [0.1, 0.15) is 0 Å². The van der Waals surface area contributed by atoms with Crippen LogP contribution in [0, 0.1) is 23.2 Å². The second-order valence-corrected chi connectivity index (χ2v) is 5.87. The van der Waals surface area contributed by atoms with Gasteiger partial charge >= 0.3 is 0 Å². The summed E-state index contributed by atoms with van der Waals surface area (Å²) in [5.41, 5.74) is 9.82. The fourth-order valence-corrected chi connectivity index (χ4v) is 3.18. The highest BCUT2D eigenvalue weighted by molar-refractivity contribution is 7.80. The Labute approximate surface area is 96.5 Å². The lowest BCUT2D eigenvalue weighted by Crippen LogP contribution is -2.35. The fraction of sp³-hybridized carbons (Fsp3) is 0.818. The molecule has 0 amide bonds. The van der Waals surface area contributed by atoms with Gasteiger partial charge in [0.25, 0.3) is 0 Å². The third-order valence-electron chi connectivity index (χ3n) is 4.56. The van der Waals surface area contributed by atoms with Crippen LogP contribution in [0.1, 0.15) is 33.6 Å². The van der Waals surface area contributed by atoms with Crippen molar-refractivity contribution in [3.8, 4) is 0 Å². The summed E-state index contributed by atoms with van der Waals surface area (Å²) in [4.78, 5) is 0. The smallest absolute Gasteiger partial charge is 0.184 e. The number of hydrazone groups is 1. The number of nitrogens with two attached hydrogens (primary N) is 1. The Morgan fingerprint density at radius 3 is 2.73 bits per heavy atom. The molecule has 3 nitrogen and oxygen atoms in total. The van der Waals surface area contributed by atoms with Crippen LogP contribution >= 0.6 is 12.2 Å². The largest absolute Gasteiger partial charge is 0.375 e. The monoisotopic (exact) mass is 225 g/mol. The van der Waals surface area contributed by atoms with Crippen LogP contribution in [0.4, 0.5) is 0 Å². The lowest BCUT2D eigenvalue weighted by molar-refractivity contribution is 0.182. The van der Waals surface area contributed by atoms with E-state index in [1.54, 1.807) is 0 Å². The van der Waals surface area contributed by atoms with Crippen LogP contribution in [-0.4, -0.2) is 10.8 Å². The lowest BCUT2D eigenvalue weighted by Gasteiger charge is -2.36. The van der Waals surface area contributed by atoms with Gasteiger partial charge in [0.15, 0.2) is 5.11 Å².